The molecule has 96 valence electrons. The largest absolute Gasteiger partial charge is 0.350 e. The zero-order chi connectivity index (χ0) is 12.9. The summed E-state index contributed by atoms with van der Waals surface area (Å²) in [5.74, 6) is 0.0645. The third-order valence-corrected chi connectivity index (χ3v) is 2.43. The predicted molar refractivity (Wildman–Crippen MR) is 68.3 cm³/mol. The lowest BCUT2D eigenvalue weighted by Crippen LogP contribution is -2.53. The number of carbonyl (C=O) groups is 1. The van der Waals surface area contributed by atoms with E-state index in [1.54, 1.807) is 0 Å². The van der Waals surface area contributed by atoms with Gasteiger partial charge in [0.05, 0.1) is 6.04 Å². The molecule has 0 saturated heterocycles. The number of carbonyl (C=O) groups excluding carboxylic acids is 1. The van der Waals surface area contributed by atoms with E-state index in [1.165, 1.54) is 0 Å². The Bertz CT molecular complexity index is 221. The van der Waals surface area contributed by atoms with Crippen LogP contribution in [0.5, 0.6) is 0 Å². The van der Waals surface area contributed by atoms with Gasteiger partial charge >= 0.3 is 0 Å². The van der Waals surface area contributed by atoms with Crippen molar-refractivity contribution in [1.29, 1.82) is 0 Å². The summed E-state index contributed by atoms with van der Waals surface area (Å²) in [7, 11) is 0. The lowest BCUT2D eigenvalue weighted by molar-refractivity contribution is -0.128. The number of hydrogen-bond acceptors (Lipinski definition) is 3. The number of nitrogens with one attached hydrogen (secondary N) is 1. The van der Waals surface area contributed by atoms with Crippen LogP contribution in [-0.2, 0) is 4.79 Å². The average Bonchev–Trinajstić information content (AvgIpc) is 2.09. The molecule has 0 spiro atoms. The minimum Gasteiger partial charge on any atom is -0.350 e. The highest BCUT2D eigenvalue weighted by Crippen LogP contribution is 2.07. The maximum atomic E-state index is 12.0. The summed E-state index contributed by atoms with van der Waals surface area (Å²) in [5, 5.41) is 2.99. The molecule has 0 aliphatic heterocycles. The highest BCUT2D eigenvalue weighted by Gasteiger charge is 2.25. The average molecular weight is 229 g/mol. The van der Waals surface area contributed by atoms with Gasteiger partial charge in [-0.3, -0.25) is 9.69 Å². The van der Waals surface area contributed by atoms with Crippen LogP contribution in [-0.4, -0.2) is 41.5 Å². The van der Waals surface area contributed by atoms with Gasteiger partial charge < -0.3 is 11.1 Å². The minimum absolute atomic E-state index is 0.0645. The monoisotopic (exact) mass is 229 g/mol. The van der Waals surface area contributed by atoms with Gasteiger partial charge in [-0.1, -0.05) is 0 Å². The standard InChI is InChI=1S/C12H27N3O/c1-9(2)15(8-7-13)10(3)11(16)14-12(4,5)6/h9-10H,7-8,13H2,1-6H3,(H,14,16). The molecule has 0 radical (unpaired) electrons. The van der Waals surface area contributed by atoms with Crippen LogP contribution in [0.25, 0.3) is 0 Å². The molecule has 0 aliphatic rings. The van der Waals surface area contributed by atoms with Crippen molar-refractivity contribution in [2.45, 2.75) is 59.2 Å². The van der Waals surface area contributed by atoms with E-state index in [4.69, 9.17) is 5.73 Å². The first-order valence-corrected chi connectivity index (χ1v) is 5.97. The maximum Gasteiger partial charge on any atom is 0.237 e. The zero-order valence-electron chi connectivity index (χ0n) is 11.5. The molecule has 0 saturated carbocycles. The van der Waals surface area contributed by atoms with Gasteiger partial charge in [-0.15, -0.1) is 0 Å². The molecule has 16 heavy (non-hydrogen) atoms. The van der Waals surface area contributed by atoms with Gasteiger partial charge in [-0.2, -0.15) is 0 Å². The van der Waals surface area contributed by atoms with E-state index in [1.807, 2.05) is 27.7 Å². The summed E-state index contributed by atoms with van der Waals surface area (Å²) < 4.78 is 0. The van der Waals surface area contributed by atoms with Crippen molar-refractivity contribution in [2.75, 3.05) is 13.1 Å². The fourth-order valence-electron chi connectivity index (χ4n) is 1.67. The smallest absolute Gasteiger partial charge is 0.237 e. The molecule has 0 aliphatic carbocycles. The third kappa shape index (κ3) is 5.47. The van der Waals surface area contributed by atoms with Crippen LogP contribution in [0.3, 0.4) is 0 Å². The zero-order valence-corrected chi connectivity index (χ0v) is 11.5. The van der Waals surface area contributed by atoms with Gasteiger partial charge in [0.15, 0.2) is 0 Å². The summed E-state index contributed by atoms with van der Waals surface area (Å²) in [6.07, 6.45) is 0. The molecule has 0 fully saturated rings. The molecule has 1 unspecified atom stereocenters. The Morgan fingerprint density at radius 2 is 1.81 bits per heavy atom. The Labute approximate surface area is 99.6 Å². The molecule has 0 aromatic rings. The third-order valence-electron chi connectivity index (χ3n) is 2.43. The predicted octanol–water partition coefficient (Wildman–Crippen LogP) is 0.959. The van der Waals surface area contributed by atoms with E-state index in [0.717, 1.165) is 6.54 Å². The summed E-state index contributed by atoms with van der Waals surface area (Å²) >= 11 is 0. The molecular weight excluding hydrogens is 202 g/mol. The lowest BCUT2D eigenvalue weighted by atomic mass is 10.1. The van der Waals surface area contributed by atoms with Gasteiger partial charge in [-0.25, -0.2) is 0 Å². The molecule has 0 heterocycles. The molecule has 1 atom stereocenters. The van der Waals surface area contributed by atoms with Gasteiger partial charge in [0, 0.05) is 24.7 Å². The Kier molecular flexibility index (Phi) is 5.97. The lowest BCUT2D eigenvalue weighted by Gasteiger charge is -2.33. The molecule has 0 aromatic heterocycles. The Balaban J connectivity index is 4.49. The van der Waals surface area contributed by atoms with E-state index in [-0.39, 0.29) is 17.5 Å². The van der Waals surface area contributed by atoms with E-state index in [2.05, 4.69) is 24.1 Å². The van der Waals surface area contributed by atoms with E-state index >= 15 is 0 Å². The van der Waals surface area contributed by atoms with Crippen molar-refractivity contribution in [3.8, 4) is 0 Å². The van der Waals surface area contributed by atoms with Crippen LogP contribution < -0.4 is 11.1 Å². The number of hydrogen-bond donors (Lipinski definition) is 2. The number of rotatable bonds is 5. The second-order valence-electron chi connectivity index (χ2n) is 5.54. The fraction of sp³-hybridized carbons (Fsp3) is 0.917. The van der Waals surface area contributed by atoms with Crippen molar-refractivity contribution in [3.05, 3.63) is 0 Å². The minimum atomic E-state index is -0.184. The van der Waals surface area contributed by atoms with Crippen LogP contribution in [0.2, 0.25) is 0 Å². The van der Waals surface area contributed by atoms with Crippen molar-refractivity contribution >= 4 is 5.91 Å². The Hall–Kier alpha value is -0.610. The quantitative estimate of drug-likeness (QED) is 0.738. The van der Waals surface area contributed by atoms with Gasteiger partial charge in [0.2, 0.25) is 5.91 Å². The molecule has 0 aromatic carbocycles. The topological polar surface area (TPSA) is 58.4 Å². The molecular formula is C12H27N3O. The molecule has 0 bridgehead atoms. The SMILES string of the molecule is CC(C)N(CCN)C(C)C(=O)NC(C)(C)C. The van der Waals surface area contributed by atoms with Gasteiger partial charge in [0.1, 0.15) is 0 Å². The first-order valence-electron chi connectivity index (χ1n) is 5.97. The first-order chi connectivity index (χ1) is 7.19. The van der Waals surface area contributed by atoms with Crippen molar-refractivity contribution in [2.24, 2.45) is 5.73 Å². The number of nitrogens with zero attached hydrogens (tertiary/aromatic N) is 1. The van der Waals surface area contributed by atoms with E-state index in [9.17, 15) is 4.79 Å². The van der Waals surface area contributed by atoms with Gasteiger partial charge in [0.25, 0.3) is 0 Å². The van der Waals surface area contributed by atoms with Crippen LogP contribution in [0.1, 0.15) is 41.5 Å². The van der Waals surface area contributed by atoms with Crippen molar-refractivity contribution in [1.82, 2.24) is 10.2 Å². The first kappa shape index (κ1) is 15.4. The van der Waals surface area contributed by atoms with Crippen LogP contribution in [0.15, 0.2) is 0 Å². The summed E-state index contributed by atoms with van der Waals surface area (Å²) in [4.78, 5) is 14.1. The second-order valence-corrected chi connectivity index (χ2v) is 5.54. The van der Waals surface area contributed by atoms with Crippen molar-refractivity contribution in [3.63, 3.8) is 0 Å². The maximum absolute atomic E-state index is 12.0. The Morgan fingerprint density at radius 3 is 2.12 bits per heavy atom. The molecule has 4 heteroatoms. The summed E-state index contributed by atoms with van der Waals surface area (Å²) in [6.45, 7) is 13.4. The van der Waals surface area contributed by atoms with E-state index < -0.39 is 0 Å². The molecule has 0 rings (SSSR count). The second kappa shape index (κ2) is 6.21. The van der Waals surface area contributed by atoms with Gasteiger partial charge in [-0.05, 0) is 41.5 Å². The summed E-state index contributed by atoms with van der Waals surface area (Å²) in [6, 6.07) is 0.187. The number of nitrogens with two attached hydrogens (primary N) is 1. The summed E-state index contributed by atoms with van der Waals surface area (Å²) in [5.41, 5.74) is 5.38. The number of amides is 1. The normalized spacial score (nSPS) is 14.3. The molecule has 1 amide bonds. The van der Waals surface area contributed by atoms with Crippen LogP contribution in [0, 0.1) is 0 Å². The van der Waals surface area contributed by atoms with E-state index in [0.29, 0.717) is 12.6 Å². The Morgan fingerprint density at radius 1 is 1.31 bits per heavy atom. The highest BCUT2D eigenvalue weighted by molar-refractivity contribution is 5.82. The molecule has 3 N–H and O–H groups in total. The highest BCUT2D eigenvalue weighted by atomic mass is 16.2. The fourth-order valence-corrected chi connectivity index (χ4v) is 1.67. The van der Waals surface area contributed by atoms with Crippen molar-refractivity contribution < 1.29 is 4.79 Å². The molecule has 4 nitrogen and oxygen atoms in total. The van der Waals surface area contributed by atoms with Crippen LogP contribution >= 0.6 is 0 Å². The van der Waals surface area contributed by atoms with Crippen LogP contribution in [0.4, 0.5) is 0 Å².